The van der Waals surface area contributed by atoms with E-state index in [1.54, 1.807) is 0 Å². The number of unbranched alkanes of at least 4 members (excludes halogenated alkanes) is 2. The highest BCUT2D eigenvalue weighted by atomic mass is 32.2. The third-order valence-electron chi connectivity index (χ3n) is 4.69. The molecular formula is C21H19F3N2O4S2. The number of carboxylic acid groups (broad SMARTS) is 1. The first-order valence-corrected chi connectivity index (χ1v) is 10.8. The van der Waals surface area contributed by atoms with Crippen molar-refractivity contribution in [2.75, 3.05) is 12.3 Å². The number of thioether (sulfide) groups is 1. The van der Waals surface area contributed by atoms with E-state index in [0.29, 0.717) is 35.0 Å². The second kappa shape index (κ2) is 9.78. The number of carbonyl (C=O) groups excluding carboxylic acids is 1. The topological polar surface area (TPSA) is 96.8 Å². The number of halogens is 3. The van der Waals surface area contributed by atoms with E-state index in [-0.39, 0.29) is 35.1 Å². The molecule has 0 aliphatic carbocycles. The smallest absolute Gasteiger partial charge is 0.416 e. The summed E-state index contributed by atoms with van der Waals surface area (Å²) in [6, 6.07) is 6.01. The lowest BCUT2D eigenvalue weighted by Crippen LogP contribution is -2.29. The number of nitrogens with two attached hydrogens (primary N) is 1. The Balaban J connectivity index is 1.71. The molecule has 0 saturated carbocycles. The summed E-state index contributed by atoms with van der Waals surface area (Å²) in [5.74, 6) is -0.731. The van der Waals surface area contributed by atoms with Gasteiger partial charge < -0.3 is 15.3 Å². The molecule has 3 N–H and O–H groups in total. The first-order chi connectivity index (χ1) is 15.1. The average Bonchev–Trinajstić information content (AvgIpc) is 3.26. The fourth-order valence-corrected chi connectivity index (χ4v) is 4.35. The molecule has 1 aliphatic heterocycles. The van der Waals surface area contributed by atoms with E-state index in [1.807, 2.05) is 0 Å². The number of rotatable bonds is 8. The molecule has 1 saturated heterocycles. The molecule has 0 unspecified atom stereocenters. The van der Waals surface area contributed by atoms with Gasteiger partial charge in [0, 0.05) is 30.3 Å². The van der Waals surface area contributed by atoms with Gasteiger partial charge in [0.05, 0.1) is 10.5 Å². The number of anilines is 1. The van der Waals surface area contributed by atoms with E-state index in [4.69, 9.17) is 27.5 Å². The molecule has 3 rings (SSSR count). The highest BCUT2D eigenvalue weighted by Crippen LogP contribution is 2.37. The Kier molecular flexibility index (Phi) is 7.29. The van der Waals surface area contributed by atoms with Gasteiger partial charge >= 0.3 is 12.1 Å². The Morgan fingerprint density at radius 1 is 1.22 bits per heavy atom. The monoisotopic (exact) mass is 484 g/mol. The predicted octanol–water partition coefficient (Wildman–Crippen LogP) is 5.39. The highest BCUT2D eigenvalue weighted by molar-refractivity contribution is 8.26. The number of alkyl halides is 3. The summed E-state index contributed by atoms with van der Waals surface area (Å²) in [4.78, 5) is 25.0. The average molecular weight is 485 g/mol. The molecular weight excluding hydrogens is 465 g/mol. The fourth-order valence-electron chi connectivity index (χ4n) is 3.07. The molecule has 1 amide bonds. The number of amides is 1. The van der Waals surface area contributed by atoms with Crippen LogP contribution in [-0.2, 0) is 15.8 Å². The van der Waals surface area contributed by atoms with E-state index < -0.39 is 17.7 Å². The SMILES string of the molecule is Nc1ccc(C(F)(F)F)cc1-c1ccc(/C=C2\SC(=S)N(CCCCCC(=O)O)C2=O)o1. The van der Waals surface area contributed by atoms with Crippen LogP contribution in [0.25, 0.3) is 17.4 Å². The third-order valence-corrected chi connectivity index (χ3v) is 6.07. The molecule has 0 spiro atoms. The summed E-state index contributed by atoms with van der Waals surface area (Å²) >= 11 is 6.36. The van der Waals surface area contributed by atoms with Gasteiger partial charge in [0.1, 0.15) is 15.8 Å². The number of carboxylic acids is 1. The van der Waals surface area contributed by atoms with Gasteiger partial charge in [0.25, 0.3) is 5.91 Å². The van der Waals surface area contributed by atoms with E-state index >= 15 is 0 Å². The number of nitrogens with zero attached hydrogens (tertiary/aromatic N) is 1. The summed E-state index contributed by atoms with van der Waals surface area (Å²) in [6.45, 7) is 0.381. The Labute approximate surface area is 191 Å². The summed E-state index contributed by atoms with van der Waals surface area (Å²) in [5.41, 5.74) is 5.22. The van der Waals surface area contributed by atoms with Crippen molar-refractivity contribution in [2.45, 2.75) is 31.9 Å². The van der Waals surface area contributed by atoms with Crippen molar-refractivity contribution in [3.63, 3.8) is 0 Å². The lowest BCUT2D eigenvalue weighted by Gasteiger charge is -2.13. The van der Waals surface area contributed by atoms with Crippen LogP contribution in [0, 0.1) is 0 Å². The normalized spacial score (nSPS) is 15.7. The second-order valence-electron chi connectivity index (χ2n) is 7.04. The molecule has 2 heterocycles. The number of furan rings is 1. The van der Waals surface area contributed by atoms with Gasteiger partial charge in [-0.3, -0.25) is 14.5 Å². The van der Waals surface area contributed by atoms with Crippen LogP contribution >= 0.6 is 24.0 Å². The van der Waals surface area contributed by atoms with Crippen LogP contribution in [0.1, 0.15) is 37.0 Å². The number of carbonyl (C=O) groups is 2. The van der Waals surface area contributed by atoms with Crippen molar-refractivity contribution in [2.24, 2.45) is 0 Å². The zero-order chi connectivity index (χ0) is 23.5. The van der Waals surface area contributed by atoms with Gasteiger partial charge in [-0.15, -0.1) is 0 Å². The number of hydrogen-bond donors (Lipinski definition) is 2. The van der Waals surface area contributed by atoms with Crippen molar-refractivity contribution in [1.82, 2.24) is 4.90 Å². The van der Waals surface area contributed by atoms with Gasteiger partial charge in [0.15, 0.2) is 0 Å². The number of thiocarbonyl (C=S) groups is 1. The number of nitrogen functional groups attached to an aromatic ring is 1. The first-order valence-electron chi connectivity index (χ1n) is 9.60. The Hall–Kier alpha value is -2.79. The molecule has 170 valence electrons. The minimum atomic E-state index is -4.51. The first kappa shape index (κ1) is 23.9. The molecule has 11 heteroatoms. The summed E-state index contributed by atoms with van der Waals surface area (Å²) < 4.78 is 45.0. The van der Waals surface area contributed by atoms with Crippen LogP contribution in [0.3, 0.4) is 0 Å². The maximum Gasteiger partial charge on any atom is 0.416 e. The summed E-state index contributed by atoms with van der Waals surface area (Å²) in [7, 11) is 0. The van der Waals surface area contributed by atoms with Crippen molar-refractivity contribution in [3.8, 4) is 11.3 Å². The summed E-state index contributed by atoms with van der Waals surface area (Å²) in [6.07, 6.45) is -1.16. The van der Waals surface area contributed by atoms with Crippen molar-refractivity contribution in [3.05, 3.63) is 46.6 Å². The molecule has 0 bridgehead atoms. The van der Waals surface area contributed by atoms with Crippen molar-refractivity contribution in [1.29, 1.82) is 0 Å². The van der Waals surface area contributed by atoms with Crippen LogP contribution in [0.15, 0.2) is 39.7 Å². The molecule has 1 aromatic carbocycles. The Morgan fingerprint density at radius 2 is 1.97 bits per heavy atom. The van der Waals surface area contributed by atoms with Crippen LogP contribution in [0.2, 0.25) is 0 Å². The summed E-state index contributed by atoms with van der Waals surface area (Å²) in [5, 5.41) is 8.66. The van der Waals surface area contributed by atoms with Crippen molar-refractivity contribution < 1.29 is 32.3 Å². The van der Waals surface area contributed by atoms with Gasteiger partial charge in [-0.25, -0.2) is 0 Å². The van der Waals surface area contributed by atoms with E-state index in [0.717, 1.165) is 23.9 Å². The zero-order valence-electron chi connectivity index (χ0n) is 16.6. The van der Waals surface area contributed by atoms with Gasteiger partial charge in [0.2, 0.25) is 0 Å². The van der Waals surface area contributed by atoms with Crippen LogP contribution in [0.4, 0.5) is 18.9 Å². The third kappa shape index (κ3) is 5.71. The number of benzene rings is 1. The quantitative estimate of drug-likeness (QED) is 0.224. The maximum absolute atomic E-state index is 13.0. The van der Waals surface area contributed by atoms with Gasteiger partial charge in [-0.05, 0) is 43.2 Å². The number of aliphatic carboxylic acids is 1. The largest absolute Gasteiger partial charge is 0.481 e. The minimum absolute atomic E-state index is 0.0789. The molecule has 2 aromatic rings. The van der Waals surface area contributed by atoms with Crippen LogP contribution in [0.5, 0.6) is 0 Å². The standard InChI is InChI=1S/C21H19F3N2O4S2/c22-21(23,24)12-5-7-15(25)14(10-12)16-8-6-13(30-16)11-17-19(29)26(20(31)32-17)9-3-1-2-4-18(27)28/h5-8,10-11H,1-4,9,25H2,(H,27,28)/b17-11-. The highest BCUT2D eigenvalue weighted by Gasteiger charge is 2.32. The molecule has 1 aromatic heterocycles. The zero-order valence-corrected chi connectivity index (χ0v) is 18.3. The van der Waals surface area contributed by atoms with E-state index in [2.05, 4.69) is 0 Å². The molecule has 0 atom stereocenters. The van der Waals surface area contributed by atoms with Crippen LogP contribution in [-0.4, -0.2) is 32.7 Å². The van der Waals surface area contributed by atoms with E-state index in [9.17, 15) is 22.8 Å². The Bertz CT molecular complexity index is 1080. The molecule has 32 heavy (non-hydrogen) atoms. The maximum atomic E-state index is 13.0. The lowest BCUT2D eigenvalue weighted by atomic mass is 10.1. The second-order valence-corrected chi connectivity index (χ2v) is 8.72. The van der Waals surface area contributed by atoms with Gasteiger partial charge in [-0.1, -0.05) is 30.4 Å². The molecule has 0 radical (unpaired) electrons. The number of hydrogen-bond acceptors (Lipinski definition) is 6. The van der Waals surface area contributed by atoms with Crippen LogP contribution < -0.4 is 5.73 Å². The van der Waals surface area contributed by atoms with E-state index in [1.165, 1.54) is 29.2 Å². The minimum Gasteiger partial charge on any atom is -0.481 e. The van der Waals surface area contributed by atoms with Crippen molar-refractivity contribution >= 4 is 51.9 Å². The molecule has 1 aliphatic rings. The lowest BCUT2D eigenvalue weighted by molar-refractivity contribution is -0.138. The van der Waals surface area contributed by atoms with Gasteiger partial charge in [-0.2, -0.15) is 13.2 Å². The predicted molar refractivity (Wildman–Crippen MR) is 120 cm³/mol. The molecule has 1 fully saturated rings. The fraction of sp³-hybridized carbons (Fsp3) is 0.286. The molecule has 6 nitrogen and oxygen atoms in total. The Morgan fingerprint density at radius 3 is 2.66 bits per heavy atom.